The molecule has 0 saturated carbocycles. The second kappa shape index (κ2) is 12.2. The molecule has 0 bridgehead atoms. The van der Waals surface area contributed by atoms with Gasteiger partial charge in [-0.2, -0.15) is 0 Å². The number of benzene rings is 8. The Morgan fingerprint density at radius 3 is 1.71 bits per heavy atom. The minimum absolute atomic E-state index is 0.574. The number of nitrogens with zero attached hydrogens (tertiary/aromatic N) is 1. The van der Waals surface area contributed by atoms with Crippen LogP contribution in [0.2, 0.25) is 5.02 Å². The highest BCUT2D eigenvalue weighted by molar-refractivity contribution is 6.37. The third kappa shape index (κ3) is 5.24. The normalized spacial score (nSPS) is 11.4. The summed E-state index contributed by atoms with van der Waals surface area (Å²) in [6, 6.07) is 64.0. The number of hydrogen-bond donors (Lipinski definition) is 0. The molecular weight excluding hydrogens is 618 g/mol. The number of halogens is 1. The van der Waals surface area contributed by atoms with Gasteiger partial charge in [0.15, 0.2) is 5.58 Å². The number of fused-ring (bicyclic) bond motifs is 5. The van der Waals surface area contributed by atoms with Gasteiger partial charge in [0.25, 0.3) is 0 Å². The monoisotopic (exact) mass is 647 g/mol. The van der Waals surface area contributed by atoms with Crippen molar-refractivity contribution in [2.24, 2.45) is 0 Å². The van der Waals surface area contributed by atoms with Crippen molar-refractivity contribution >= 4 is 61.4 Å². The van der Waals surface area contributed by atoms with E-state index in [2.05, 4.69) is 169 Å². The van der Waals surface area contributed by atoms with Crippen LogP contribution >= 0.6 is 11.6 Å². The number of furan rings is 1. The molecule has 1 aromatic heterocycles. The molecule has 232 valence electrons. The summed E-state index contributed by atoms with van der Waals surface area (Å²) in [5.74, 6) is 0. The quantitative estimate of drug-likeness (QED) is 0.178. The van der Waals surface area contributed by atoms with E-state index in [-0.39, 0.29) is 0 Å². The molecule has 0 atom stereocenters. The summed E-state index contributed by atoms with van der Waals surface area (Å²) in [4.78, 5) is 2.31. The van der Waals surface area contributed by atoms with E-state index in [1.807, 2.05) is 18.2 Å². The summed E-state index contributed by atoms with van der Waals surface area (Å²) in [5.41, 5.74) is 11.6. The first-order valence-corrected chi connectivity index (χ1v) is 16.8. The molecule has 0 radical (unpaired) electrons. The van der Waals surface area contributed by atoms with Crippen molar-refractivity contribution in [3.8, 4) is 33.4 Å². The van der Waals surface area contributed by atoms with Crippen LogP contribution in [-0.4, -0.2) is 0 Å². The third-order valence-electron chi connectivity index (χ3n) is 9.34. The summed E-state index contributed by atoms with van der Waals surface area (Å²) >= 11 is 7.10. The van der Waals surface area contributed by atoms with Gasteiger partial charge in [0.2, 0.25) is 0 Å². The Kier molecular flexibility index (Phi) is 7.22. The molecule has 3 heteroatoms. The lowest BCUT2D eigenvalue weighted by atomic mass is 9.99. The molecule has 0 aliphatic rings. The highest BCUT2D eigenvalue weighted by Gasteiger charge is 2.21. The van der Waals surface area contributed by atoms with Crippen LogP contribution in [0.4, 0.5) is 17.1 Å². The predicted octanol–water partition coefficient (Wildman–Crippen LogP) is 13.9. The van der Waals surface area contributed by atoms with E-state index in [0.717, 1.165) is 60.9 Å². The van der Waals surface area contributed by atoms with Gasteiger partial charge in [-0.05, 0) is 75.0 Å². The van der Waals surface area contributed by atoms with Crippen molar-refractivity contribution in [1.82, 2.24) is 0 Å². The van der Waals surface area contributed by atoms with E-state index in [0.29, 0.717) is 10.6 Å². The molecule has 49 heavy (non-hydrogen) atoms. The van der Waals surface area contributed by atoms with Crippen molar-refractivity contribution < 1.29 is 4.42 Å². The Balaban J connectivity index is 1.21. The number of para-hydroxylation sites is 1. The van der Waals surface area contributed by atoms with Crippen LogP contribution in [-0.2, 0) is 0 Å². The first-order chi connectivity index (χ1) is 24.2. The zero-order valence-corrected chi connectivity index (χ0v) is 27.3. The van der Waals surface area contributed by atoms with Gasteiger partial charge in [0.05, 0.1) is 10.7 Å². The van der Waals surface area contributed by atoms with Gasteiger partial charge < -0.3 is 9.32 Å². The van der Waals surface area contributed by atoms with Crippen molar-refractivity contribution in [2.75, 3.05) is 4.90 Å². The van der Waals surface area contributed by atoms with Crippen LogP contribution < -0.4 is 4.90 Å². The van der Waals surface area contributed by atoms with Crippen LogP contribution in [0.5, 0.6) is 0 Å². The fourth-order valence-corrected chi connectivity index (χ4v) is 7.22. The summed E-state index contributed by atoms with van der Waals surface area (Å²) in [6.07, 6.45) is 0. The van der Waals surface area contributed by atoms with Gasteiger partial charge in [-0.3, -0.25) is 0 Å². The second-order valence-corrected chi connectivity index (χ2v) is 12.7. The van der Waals surface area contributed by atoms with E-state index < -0.39 is 0 Å². The summed E-state index contributed by atoms with van der Waals surface area (Å²) < 4.78 is 6.38. The molecule has 0 aliphatic heterocycles. The molecule has 9 rings (SSSR count). The Morgan fingerprint density at radius 1 is 0.429 bits per heavy atom. The zero-order chi connectivity index (χ0) is 32.7. The first-order valence-electron chi connectivity index (χ1n) is 16.5. The number of hydrogen-bond acceptors (Lipinski definition) is 2. The molecule has 8 aromatic carbocycles. The average Bonchev–Trinajstić information content (AvgIpc) is 3.56. The molecule has 0 aliphatic carbocycles. The fourth-order valence-electron chi connectivity index (χ4n) is 6.97. The summed E-state index contributed by atoms with van der Waals surface area (Å²) in [5, 5.41) is 4.95. The first kappa shape index (κ1) is 29.1. The third-order valence-corrected chi connectivity index (χ3v) is 9.62. The van der Waals surface area contributed by atoms with E-state index in [1.54, 1.807) is 0 Å². The molecule has 0 N–H and O–H groups in total. The van der Waals surface area contributed by atoms with E-state index in [9.17, 15) is 0 Å². The smallest absolute Gasteiger partial charge is 0.154 e. The maximum atomic E-state index is 7.10. The van der Waals surface area contributed by atoms with Crippen molar-refractivity contribution in [2.45, 2.75) is 0 Å². The Bertz CT molecular complexity index is 2590. The maximum absolute atomic E-state index is 7.10. The number of rotatable bonds is 6. The lowest BCUT2D eigenvalue weighted by Crippen LogP contribution is -2.11. The molecule has 1 heterocycles. The van der Waals surface area contributed by atoms with Crippen LogP contribution in [0.15, 0.2) is 186 Å². The van der Waals surface area contributed by atoms with Gasteiger partial charge in [0.1, 0.15) is 5.58 Å². The molecule has 9 aromatic rings. The van der Waals surface area contributed by atoms with Gasteiger partial charge in [-0.25, -0.2) is 0 Å². The van der Waals surface area contributed by atoms with Crippen LogP contribution in [0, 0.1) is 0 Å². The van der Waals surface area contributed by atoms with Crippen molar-refractivity contribution in [3.05, 3.63) is 187 Å². The lowest BCUT2D eigenvalue weighted by molar-refractivity contribution is 0.669. The number of anilines is 3. The van der Waals surface area contributed by atoms with Crippen molar-refractivity contribution in [3.63, 3.8) is 0 Å². The summed E-state index contributed by atoms with van der Waals surface area (Å²) in [7, 11) is 0. The van der Waals surface area contributed by atoms with E-state index in [4.69, 9.17) is 16.0 Å². The minimum atomic E-state index is 0.574. The largest absolute Gasteiger partial charge is 0.454 e. The van der Waals surface area contributed by atoms with Crippen LogP contribution in [0.25, 0.3) is 66.1 Å². The van der Waals surface area contributed by atoms with Crippen LogP contribution in [0.1, 0.15) is 0 Å². The van der Waals surface area contributed by atoms with Gasteiger partial charge >= 0.3 is 0 Å². The van der Waals surface area contributed by atoms with Gasteiger partial charge in [0, 0.05) is 27.7 Å². The molecule has 2 nitrogen and oxygen atoms in total. The SMILES string of the molecule is Clc1cc(N(c2ccc(-c3ccc(-c4ccccc4)cc3)cc2)c2ccccc2-c2ccccc2)cc2c1oc1ccc3ccccc3c12. The molecule has 0 unspecified atom stereocenters. The molecular formula is C46H30ClNO. The maximum Gasteiger partial charge on any atom is 0.154 e. The summed E-state index contributed by atoms with van der Waals surface area (Å²) in [6.45, 7) is 0. The van der Waals surface area contributed by atoms with E-state index >= 15 is 0 Å². The van der Waals surface area contributed by atoms with E-state index in [1.165, 1.54) is 16.7 Å². The molecule has 0 amide bonds. The average molecular weight is 648 g/mol. The Morgan fingerprint density at radius 2 is 1.00 bits per heavy atom. The standard InChI is InChI=1S/C46H30ClNO/c47-42-30-38(29-41-45-40-17-8-7-15-36(40)25-28-44(45)49-46(41)42)48(43-18-10-9-16-39(43)35-13-5-2-6-14-35)37-26-23-34(24-27-37)33-21-19-32(20-22-33)31-11-3-1-4-12-31/h1-30H. The zero-order valence-electron chi connectivity index (χ0n) is 26.6. The van der Waals surface area contributed by atoms with Gasteiger partial charge in [-0.1, -0.05) is 157 Å². The molecule has 0 fully saturated rings. The minimum Gasteiger partial charge on any atom is -0.454 e. The topological polar surface area (TPSA) is 16.4 Å². The highest BCUT2D eigenvalue weighted by Crippen LogP contribution is 2.46. The Hall–Kier alpha value is -6.09. The highest BCUT2D eigenvalue weighted by atomic mass is 35.5. The molecule has 0 spiro atoms. The van der Waals surface area contributed by atoms with Gasteiger partial charge in [-0.15, -0.1) is 0 Å². The van der Waals surface area contributed by atoms with Crippen molar-refractivity contribution in [1.29, 1.82) is 0 Å². The fraction of sp³-hybridized carbons (Fsp3) is 0. The predicted molar refractivity (Wildman–Crippen MR) is 207 cm³/mol. The second-order valence-electron chi connectivity index (χ2n) is 12.3. The lowest BCUT2D eigenvalue weighted by Gasteiger charge is -2.28. The molecule has 0 saturated heterocycles. The van der Waals surface area contributed by atoms with Crippen LogP contribution in [0.3, 0.4) is 0 Å². The Labute approximate surface area is 290 Å².